The molecule has 22 heavy (non-hydrogen) atoms. The molecule has 1 aromatic rings. The normalized spacial score (nSPS) is 21.4. The summed E-state index contributed by atoms with van der Waals surface area (Å²) in [6.45, 7) is 4.52. The summed E-state index contributed by atoms with van der Waals surface area (Å²) in [5.74, 6) is -0.875. The summed E-state index contributed by atoms with van der Waals surface area (Å²) < 4.78 is 10.7. The van der Waals surface area contributed by atoms with Crippen LogP contribution in [0.5, 0.6) is 5.75 Å². The fourth-order valence-corrected chi connectivity index (χ4v) is 2.61. The highest BCUT2D eigenvalue weighted by Crippen LogP contribution is 2.27. The number of anilines is 1. The average molecular weight is 327 g/mol. The Bertz CT molecular complexity index is 569. The summed E-state index contributed by atoms with van der Waals surface area (Å²) in [5, 5.41) is 2.99. The van der Waals surface area contributed by atoms with Gasteiger partial charge in [-0.2, -0.15) is 0 Å². The Labute approximate surface area is 134 Å². The van der Waals surface area contributed by atoms with Gasteiger partial charge >= 0.3 is 11.8 Å². The van der Waals surface area contributed by atoms with Gasteiger partial charge in [-0.15, -0.1) is 0 Å². The standard InChI is InChI=1S/C15H19ClN2O4/c1-9-7-18(8-10(2)22-9)15(20)14(19)17-12-6-11(16)4-5-13(12)21-3/h4-6,9-10H,7-8H2,1-3H3,(H,17,19). The lowest BCUT2D eigenvalue weighted by Crippen LogP contribution is -2.51. The van der Waals surface area contributed by atoms with Gasteiger partial charge in [-0.3, -0.25) is 9.59 Å². The Morgan fingerprint density at radius 2 is 1.95 bits per heavy atom. The minimum Gasteiger partial charge on any atom is -0.495 e. The van der Waals surface area contributed by atoms with Crippen LogP contribution in [-0.2, 0) is 14.3 Å². The number of methoxy groups -OCH3 is 1. The molecule has 2 rings (SSSR count). The zero-order valence-corrected chi connectivity index (χ0v) is 13.5. The van der Waals surface area contributed by atoms with Crippen LogP contribution in [0.2, 0.25) is 5.02 Å². The van der Waals surface area contributed by atoms with Crippen LogP contribution in [0.25, 0.3) is 0 Å². The van der Waals surface area contributed by atoms with E-state index in [1.165, 1.54) is 18.1 Å². The maximum atomic E-state index is 12.3. The fraction of sp³-hybridized carbons (Fsp3) is 0.467. The van der Waals surface area contributed by atoms with Gasteiger partial charge < -0.3 is 19.7 Å². The SMILES string of the molecule is COc1ccc(Cl)cc1NC(=O)C(=O)N1CC(C)OC(C)C1. The predicted molar refractivity (Wildman–Crippen MR) is 83.2 cm³/mol. The van der Waals surface area contributed by atoms with Crippen LogP contribution in [0.1, 0.15) is 13.8 Å². The van der Waals surface area contributed by atoms with Crippen molar-refractivity contribution in [2.75, 3.05) is 25.5 Å². The summed E-state index contributed by atoms with van der Waals surface area (Å²) in [7, 11) is 1.48. The summed E-state index contributed by atoms with van der Waals surface area (Å²) >= 11 is 5.91. The van der Waals surface area contributed by atoms with Gasteiger partial charge in [0, 0.05) is 18.1 Å². The van der Waals surface area contributed by atoms with Crippen LogP contribution in [0, 0.1) is 0 Å². The molecular formula is C15H19ClN2O4. The number of amides is 2. The lowest BCUT2D eigenvalue weighted by molar-refractivity contribution is -0.151. The van der Waals surface area contributed by atoms with Crippen molar-refractivity contribution in [2.45, 2.75) is 26.1 Å². The number of carbonyl (C=O) groups is 2. The quantitative estimate of drug-likeness (QED) is 0.843. The highest BCUT2D eigenvalue weighted by Gasteiger charge is 2.30. The first-order chi connectivity index (χ1) is 10.4. The van der Waals surface area contributed by atoms with Crippen LogP contribution in [0.4, 0.5) is 5.69 Å². The van der Waals surface area contributed by atoms with Gasteiger partial charge in [0.1, 0.15) is 5.75 Å². The number of benzene rings is 1. The van der Waals surface area contributed by atoms with Gasteiger partial charge in [0.25, 0.3) is 0 Å². The van der Waals surface area contributed by atoms with Gasteiger partial charge in [-0.25, -0.2) is 0 Å². The summed E-state index contributed by atoms with van der Waals surface area (Å²) in [4.78, 5) is 25.9. The molecule has 0 aromatic heterocycles. The number of rotatable bonds is 2. The topological polar surface area (TPSA) is 67.9 Å². The molecule has 0 bridgehead atoms. The molecule has 0 spiro atoms. The van der Waals surface area contributed by atoms with Crippen LogP contribution < -0.4 is 10.1 Å². The van der Waals surface area contributed by atoms with E-state index in [1.54, 1.807) is 12.1 Å². The van der Waals surface area contributed by atoms with E-state index in [-0.39, 0.29) is 12.2 Å². The Morgan fingerprint density at radius 1 is 1.32 bits per heavy atom. The molecule has 6 nitrogen and oxygen atoms in total. The third kappa shape index (κ3) is 3.90. The molecule has 0 saturated carbocycles. The van der Waals surface area contributed by atoms with E-state index in [0.29, 0.717) is 29.5 Å². The zero-order valence-electron chi connectivity index (χ0n) is 12.8. The van der Waals surface area contributed by atoms with E-state index < -0.39 is 11.8 Å². The first-order valence-electron chi connectivity index (χ1n) is 7.00. The number of carbonyl (C=O) groups excluding carboxylic acids is 2. The minimum atomic E-state index is -0.720. The minimum absolute atomic E-state index is 0.0961. The number of hydrogen-bond donors (Lipinski definition) is 1. The van der Waals surface area contributed by atoms with Crippen molar-refractivity contribution < 1.29 is 19.1 Å². The Morgan fingerprint density at radius 3 is 2.55 bits per heavy atom. The first-order valence-corrected chi connectivity index (χ1v) is 7.37. The smallest absolute Gasteiger partial charge is 0.314 e. The second kappa shape index (κ2) is 6.98. The van der Waals surface area contributed by atoms with Gasteiger partial charge in [-0.05, 0) is 32.0 Å². The van der Waals surface area contributed by atoms with Crippen molar-refractivity contribution in [3.63, 3.8) is 0 Å². The van der Waals surface area contributed by atoms with Gasteiger partial charge in [0.2, 0.25) is 0 Å². The Kier molecular flexibility index (Phi) is 5.26. The molecule has 1 aromatic carbocycles. The largest absolute Gasteiger partial charge is 0.495 e. The van der Waals surface area contributed by atoms with E-state index in [1.807, 2.05) is 13.8 Å². The molecule has 1 fully saturated rings. The summed E-state index contributed by atoms with van der Waals surface area (Å²) in [5.41, 5.74) is 0.364. The van der Waals surface area contributed by atoms with Crippen LogP contribution in [0.3, 0.4) is 0 Å². The highest BCUT2D eigenvalue weighted by atomic mass is 35.5. The number of nitrogens with one attached hydrogen (secondary N) is 1. The second-order valence-electron chi connectivity index (χ2n) is 5.27. The van der Waals surface area contributed by atoms with Crippen molar-refractivity contribution in [1.29, 1.82) is 0 Å². The fourth-order valence-electron chi connectivity index (χ4n) is 2.44. The van der Waals surface area contributed by atoms with Crippen molar-refractivity contribution in [3.05, 3.63) is 23.2 Å². The molecule has 0 aliphatic carbocycles. The number of halogens is 1. The maximum Gasteiger partial charge on any atom is 0.314 e. The molecular weight excluding hydrogens is 308 g/mol. The van der Waals surface area contributed by atoms with Crippen molar-refractivity contribution >= 4 is 29.1 Å². The molecule has 1 saturated heterocycles. The third-order valence-corrected chi connectivity index (χ3v) is 3.55. The first kappa shape index (κ1) is 16.6. The molecule has 1 N–H and O–H groups in total. The molecule has 2 atom stereocenters. The Balaban J connectivity index is 2.08. The van der Waals surface area contributed by atoms with Crippen molar-refractivity contribution in [1.82, 2.24) is 4.90 Å². The Hall–Kier alpha value is -1.79. The zero-order chi connectivity index (χ0) is 16.3. The molecule has 1 heterocycles. The third-order valence-electron chi connectivity index (χ3n) is 3.31. The molecule has 1 aliphatic rings. The van der Waals surface area contributed by atoms with E-state index in [0.717, 1.165) is 0 Å². The second-order valence-corrected chi connectivity index (χ2v) is 5.70. The van der Waals surface area contributed by atoms with E-state index in [9.17, 15) is 9.59 Å². The monoisotopic (exact) mass is 326 g/mol. The van der Waals surface area contributed by atoms with Gasteiger partial charge in [0.05, 0.1) is 25.0 Å². The predicted octanol–water partition coefficient (Wildman–Crippen LogP) is 1.92. The van der Waals surface area contributed by atoms with Crippen LogP contribution in [-0.4, -0.2) is 49.1 Å². The van der Waals surface area contributed by atoms with Gasteiger partial charge in [0.15, 0.2) is 0 Å². The van der Waals surface area contributed by atoms with E-state index in [4.69, 9.17) is 21.1 Å². The van der Waals surface area contributed by atoms with Crippen molar-refractivity contribution in [2.24, 2.45) is 0 Å². The molecule has 2 amide bonds. The number of nitrogens with zero attached hydrogens (tertiary/aromatic N) is 1. The average Bonchev–Trinajstić information content (AvgIpc) is 2.45. The summed E-state index contributed by atoms with van der Waals surface area (Å²) in [6, 6.07) is 4.81. The van der Waals surface area contributed by atoms with E-state index >= 15 is 0 Å². The lowest BCUT2D eigenvalue weighted by atomic mass is 10.2. The van der Waals surface area contributed by atoms with Gasteiger partial charge in [-0.1, -0.05) is 11.6 Å². The molecule has 0 radical (unpaired) electrons. The number of ether oxygens (including phenoxy) is 2. The van der Waals surface area contributed by atoms with Crippen molar-refractivity contribution in [3.8, 4) is 5.75 Å². The molecule has 7 heteroatoms. The number of morpholine rings is 1. The summed E-state index contributed by atoms with van der Waals surface area (Å²) in [6.07, 6.45) is -0.192. The number of hydrogen-bond acceptors (Lipinski definition) is 4. The molecule has 2 unspecified atom stereocenters. The molecule has 1 aliphatic heterocycles. The lowest BCUT2D eigenvalue weighted by Gasteiger charge is -2.34. The van der Waals surface area contributed by atoms with E-state index in [2.05, 4.69) is 5.32 Å². The van der Waals surface area contributed by atoms with Crippen LogP contribution >= 0.6 is 11.6 Å². The highest BCUT2D eigenvalue weighted by molar-refractivity contribution is 6.40. The van der Waals surface area contributed by atoms with Crippen LogP contribution in [0.15, 0.2) is 18.2 Å². The maximum absolute atomic E-state index is 12.3. The molecule has 120 valence electrons.